The number of hydrogen-bond acceptors (Lipinski definition) is 3. The molecule has 1 saturated heterocycles. The highest BCUT2D eigenvalue weighted by molar-refractivity contribution is 5.88. The largest absolute Gasteiger partial charge is 0.494 e. The molecule has 1 aliphatic rings. The molecule has 3 rings (SSSR count). The SMILES string of the molecule is CCOc1ccc2ccccc2c1[C@H](N1CCNCC1)C(C)(C)C.Cl.Cl. The van der Waals surface area contributed by atoms with Gasteiger partial charge in [0.05, 0.1) is 6.61 Å². The molecule has 1 fully saturated rings. The summed E-state index contributed by atoms with van der Waals surface area (Å²) in [5, 5.41) is 6.09. The Morgan fingerprint density at radius 1 is 1.04 bits per heavy atom. The predicted octanol–water partition coefficient (Wildman–Crippen LogP) is 5.07. The summed E-state index contributed by atoms with van der Waals surface area (Å²) in [7, 11) is 0. The van der Waals surface area contributed by atoms with E-state index in [9.17, 15) is 0 Å². The maximum absolute atomic E-state index is 6.07. The first kappa shape index (κ1) is 23.0. The van der Waals surface area contributed by atoms with Gasteiger partial charge in [-0.15, -0.1) is 24.8 Å². The van der Waals surface area contributed by atoms with Crippen molar-refractivity contribution in [2.75, 3.05) is 32.8 Å². The molecule has 0 unspecified atom stereocenters. The molecule has 1 heterocycles. The molecule has 146 valence electrons. The highest BCUT2D eigenvalue weighted by atomic mass is 35.5. The summed E-state index contributed by atoms with van der Waals surface area (Å²) >= 11 is 0. The molecule has 0 spiro atoms. The average Bonchev–Trinajstić information content (AvgIpc) is 2.57. The summed E-state index contributed by atoms with van der Waals surface area (Å²) in [4.78, 5) is 2.63. The number of hydrogen-bond donors (Lipinski definition) is 1. The molecule has 0 aromatic heterocycles. The lowest BCUT2D eigenvalue weighted by atomic mass is 9.79. The quantitative estimate of drug-likeness (QED) is 0.777. The molecule has 0 bridgehead atoms. The number of halogens is 2. The lowest BCUT2D eigenvalue weighted by molar-refractivity contribution is 0.0847. The van der Waals surface area contributed by atoms with Crippen LogP contribution in [-0.2, 0) is 0 Å². The number of nitrogens with one attached hydrogen (secondary N) is 1. The van der Waals surface area contributed by atoms with E-state index in [1.54, 1.807) is 0 Å². The van der Waals surface area contributed by atoms with Gasteiger partial charge in [-0.3, -0.25) is 4.90 Å². The molecule has 2 aromatic rings. The van der Waals surface area contributed by atoms with Crippen LogP contribution in [0.3, 0.4) is 0 Å². The van der Waals surface area contributed by atoms with Crippen molar-refractivity contribution in [1.82, 2.24) is 10.2 Å². The highest BCUT2D eigenvalue weighted by Gasteiger charge is 2.35. The van der Waals surface area contributed by atoms with Gasteiger partial charge in [-0.1, -0.05) is 51.1 Å². The average molecular weight is 399 g/mol. The van der Waals surface area contributed by atoms with Crippen molar-refractivity contribution >= 4 is 35.6 Å². The molecule has 26 heavy (non-hydrogen) atoms. The fourth-order valence-corrected chi connectivity index (χ4v) is 3.94. The fraction of sp³-hybridized carbons (Fsp3) is 0.524. The smallest absolute Gasteiger partial charge is 0.124 e. The Kier molecular flexibility index (Phi) is 8.68. The van der Waals surface area contributed by atoms with Crippen molar-refractivity contribution in [2.24, 2.45) is 5.41 Å². The first-order chi connectivity index (χ1) is 11.5. The van der Waals surface area contributed by atoms with Crippen LogP contribution in [0, 0.1) is 5.41 Å². The number of nitrogens with zero attached hydrogens (tertiary/aromatic N) is 1. The summed E-state index contributed by atoms with van der Waals surface area (Å²) in [5.74, 6) is 1.04. The molecule has 1 atom stereocenters. The summed E-state index contributed by atoms with van der Waals surface area (Å²) in [6.45, 7) is 14.1. The van der Waals surface area contributed by atoms with E-state index in [-0.39, 0.29) is 30.2 Å². The van der Waals surface area contributed by atoms with Crippen LogP contribution in [0.1, 0.15) is 39.3 Å². The molecule has 2 aromatic carbocycles. The number of benzene rings is 2. The standard InChI is InChI=1S/C21H30N2O.2ClH/c1-5-24-18-11-10-16-8-6-7-9-17(16)19(18)20(21(2,3)4)23-14-12-22-13-15-23;;/h6-11,20,22H,5,12-15H2,1-4H3;2*1H/t20-;;/m0../s1. The predicted molar refractivity (Wildman–Crippen MR) is 116 cm³/mol. The third kappa shape index (κ3) is 4.83. The van der Waals surface area contributed by atoms with E-state index in [1.807, 2.05) is 0 Å². The van der Waals surface area contributed by atoms with Gasteiger partial charge in [0.15, 0.2) is 0 Å². The van der Waals surface area contributed by atoms with Gasteiger partial charge in [0, 0.05) is 37.8 Å². The number of fused-ring (bicyclic) bond motifs is 1. The van der Waals surface area contributed by atoms with Crippen LogP contribution in [0.25, 0.3) is 10.8 Å². The fourth-order valence-electron chi connectivity index (χ4n) is 3.94. The van der Waals surface area contributed by atoms with Gasteiger partial charge < -0.3 is 10.1 Å². The van der Waals surface area contributed by atoms with Gasteiger partial charge in [0.25, 0.3) is 0 Å². The van der Waals surface area contributed by atoms with E-state index >= 15 is 0 Å². The summed E-state index contributed by atoms with van der Waals surface area (Å²) < 4.78 is 6.07. The third-order valence-corrected chi connectivity index (χ3v) is 4.84. The third-order valence-electron chi connectivity index (χ3n) is 4.84. The molecule has 3 nitrogen and oxygen atoms in total. The van der Waals surface area contributed by atoms with Crippen molar-refractivity contribution in [2.45, 2.75) is 33.7 Å². The van der Waals surface area contributed by atoms with Gasteiger partial charge in [0.2, 0.25) is 0 Å². The second kappa shape index (κ2) is 9.80. The van der Waals surface area contributed by atoms with Gasteiger partial charge in [0.1, 0.15) is 5.75 Å². The van der Waals surface area contributed by atoms with Crippen LogP contribution in [0.15, 0.2) is 36.4 Å². The van der Waals surface area contributed by atoms with E-state index in [0.29, 0.717) is 12.6 Å². The Morgan fingerprint density at radius 2 is 1.69 bits per heavy atom. The van der Waals surface area contributed by atoms with Gasteiger partial charge in [-0.25, -0.2) is 0 Å². The molecule has 5 heteroatoms. The Bertz CT molecular complexity index is 694. The molecule has 1 aliphatic heterocycles. The minimum absolute atomic E-state index is 0. The maximum Gasteiger partial charge on any atom is 0.124 e. The number of rotatable bonds is 4. The molecule has 1 N–H and O–H groups in total. The van der Waals surface area contributed by atoms with Gasteiger partial charge >= 0.3 is 0 Å². The van der Waals surface area contributed by atoms with E-state index in [1.165, 1.54) is 16.3 Å². The molecule has 0 radical (unpaired) electrons. The molecule has 0 amide bonds. The Balaban J connectivity index is 0.00000169. The first-order valence-electron chi connectivity index (χ1n) is 9.11. The molecule has 0 saturated carbocycles. The second-order valence-corrected chi connectivity index (χ2v) is 7.69. The molecular formula is C21H32Cl2N2O. The second-order valence-electron chi connectivity index (χ2n) is 7.69. The van der Waals surface area contributed by atoms with Crippen LogP contribution in [0.2, 0.25) is 0 Å². The Hall–Kier alpha value is -1.00. The molecule has 0 aliphatic carbocycles. The Labute approximate surface area is 170 Å². The lowest BCUT2D eigenvalue weighted by Crippen LogP contribution is -2.48. The minimum Gasteiger partial charge on any atom is -0.494 e. The van der Waals surface area contributed by atoms with Crippen molar-refractivity contribution in [3.63, 3.8) is 0 Å². The summed E-state index contributed by atoms with van der Waals surface area (Å²) in [6, 6.07) is 13.4. The van der Waals surface area contributed by atoms with Gasteiger partial charge in [-0.05, 0) is 29.2 Å². The minimum atomic E-state index is 0. The lowest BCUT2D eigenvalue weighted by Gasteiger charge is -2.43. The van der Waals surface area contributed by atoms with E-state index < -0.39 is 0 Å². The highest BCUT2D eigenvalue weighted by Crippen LogP contribution is 2.45. The van der Waals surface area contributed by atoms with Crippen LogP contribution < -0.4 is 10.1 Å². The van der Waals surface area contributed by atoms with Crippen LogP contribution >= 0.6 is 24.8 Å². The Morgan fingerprint density at radius 3 is 2.31 bits per heavy atom. The number of ether oxygens (including phenoxy) is 1. The van der Waals surface area contributed by atoms with E-state index in [0.717, 1.165) is 31.9 Å². The normalized spacial score (nSPS) is 16.5. The zero-order valence-corrected chi connectivity index (χ0v) is 17.9. The monoisotopic (exact) mass is 398 g/mol. The van der Waals surface area contributed by atoms with Crippen molar-refractivity contribution < 1.29 is 4.74 Å². The summed E-state index contributed by atoms with van der Waals surface area (Å²) in [6.07, 6.45) is 0. The van der Waals surface area contributed by atoms with Crippen molar-refractivity contribution in [3.05, 3.63) is 42.0 Å². The van der Waals surface area contributed by atoms with Crippen molar-refractivity contribution in [3.8, 4) is 5.75 Å². The summed E-state index contributed by atoms with van der Waals surface area (Å²) in [5.41, 5.74) is 1.48. The zero-order valence-electron chi connectivity index (χ0n) is 16.2. The topological polar surface area (TPSA) is 24.5 Å². The van der Waals surface area contributed by atoms with Crippen LogP contribution in [0.4, 0.5) is 0 Å². The van der Waals surface area contributed by atoms with E-state index in [4.69, 9.17) is 4.74 Å². The maximum atomic E-state index is 6.07. The number of piperazine rings is 1. The zero-order chi connectivity index (χ0) is 17.2. The van der Waals surface area contributed by atoms with Crippen LogP contribution in [0.5, 0.6) is 5.75 Å². The first-order valence-corrected chi connectivity index (χ1v) is 9.11. The molecular weight excluding hydrogens is 367 g/mol. The van der Waals surface area contributed by atoms with Crippen molar-refractivity contribution in [1.29, 1.82) is 0 Å². The van der Waals surface area contributed by atoms with Crippen LogP contribution in [-0.4, -0.2) is 37.7 Å². The van der Waals surface area contributed by atoms with E-state index in [2.05, 4.69) is 74.3 Å². The van der Waals surface area contributed by atoms with Gasteiger partial charge in [-0.2, -0.15) is 0 Å².